The Bertz CT molecular complexity index is 794. The van der Waals surface area contributed by atoms with Gasteiger partial charge >= 0.3 is 5.63 Å². The monoisotopic (exact) mass is 286 g/mol. The maximum Gasteiger partial charge on any atom is 0.339 e. The van der Waals surface area contributed by atoms with E-state index in [-0.39, 0.29) is 0 Å². The van der Waals surface area contributed by atoms with Crippen molar-refractivity contribution in [1.29, 1.82) is 0 Å². The molecule has 2 aromatic carbocycles. The van der Waals surface area contributed by atoms with Gasteiger partial charge in [0.05, 0.1) is 11.5 Å². The summed E-state index contributed by atoms with van der Waals surface area (Å²) >= 11 is 5.97. The van der Waals surface area contributed by atoms with Crippen molar-refractivity contribution in [3.05, 3.63) is 75.6 Å². The van der Waals surface area contributed by atoms with Crippen LogP contribution in [0.1, 0.15) is 5.56 Å². The molecule has 0 saturated carbocycles. The van der Waals surface area contributed by atoms with Crippen LogP contribution in [0.2, 0.25) is 5.02 Å². The smallest absolute Gasteiger partial charge is 0.339 e. The molecule has 0 atom stereocenters. The lowest BCUT2D eigenvalue weighted by molar-refractivity contribution is 0.307. The van der Waals surface area contributed by atoms with Crippen LogP contribution in [0, 0.1) is 0 Å². The molecule has 0 amide bonds. The third kappa shape index (κ3) is 2.68. The Morgan fingerprint density at radius 3 is 2.65 bits per heavy atom. The van der Waals surface area contributed by atoms with E-state index in [9.17, 15) is 4.79 Å². The van der Waals surface area contributed by atoms with Gasteiger partial charge in [0, 0.05) is 5.02 Å². The molecule has 0 spiro atoms. The molecule has 20 heavy (non-hydrogen) atoms. The Labute approximate surface area is 120 Å². The van der Waals surface area contributed by atoms with Gasteiger partial charge in [-0.05, 0) is 23.8 Å². The fourth-order valence-corrected chi connectivity index (χ4v) is 2.13. The highest BCUT2D eigenvalue weighted by Crippen LogP contribution is 2.27. The third-order valence-electron chi connectivity index (χ3n) is 2.90. The molecule has 0 radical (unpaired) electrons. The molecule has 0 aliphatic heterocycles. The Morgan fingerprint density at radius 2 is 1.85 bits per heavy atom. The molecular weight excluding hydrogens is 276 g/mol. The molecule has 3 rings (SSSR count). The van der Waals surface area contributed by atoms with E-state index in [1.165, 1.54) is 6.07 Å². The van der Waals surface area contributed by atoms with Crippen LogP contribution in [0.3, 0.4) is 0 Å². The molecule has 1 heterocycles. The molecule has 4 heteroatoms. The van der Waals surface area contributed by atoms with E-state index in [1.807, 2.05) is 30.3 Å². The van der Waals surface area contributed by atoms with E-state index in [0.717, 1.165) is 5.56 Å². The SMILES string of the molecule is O=c1cc(OCc2ccccc2)c2cc(Cl)ccc2o1. The summed E-state index contributed by atoms with van der Waals surface area (Å²) in [4.78, 5) is 11.5. The summed E-state index contributed by atoms with van der Waals surface area (Å²) in [5, 5.41) is 1.25. The fourth-order valence-electron chi connectivity index (χ4n) is 1.96. The minimum absolute atomic E-state index is 0.381. The average Bonchev–Trinajstić information content (AvgIpc) is 2.46. The van der Waals surface area contributed by atoms with Gasteiger partial charge in [-0.3, -0.25) is 0 Å². The van der Waals surface area contributed by atoms with Crippen LogP contribution in [-0.4, -0.2) is 0 Å². The van der Waals surface area contributed by atoms with Gasteiger partial charge in [0.1, 0.15) is 17.9 Å². The average molecular weight is 287 g/mol. The van der Waals surface area contributed by atoms with Gasteiger partial charge in [0.2, 0.25) is 0 Å². The number of benzene rings is 2. The molecule has 0 aliphatic rings. The van der Waals surface area contributed by atoms with E-state index in [0.29, 0.717) is 28.3 Å². The van der Waals surface area contributed by atoms with Crippen LogP contribution in [0.25, 0.3) is 11.0 Å². The van der Waals surface area contributed by atoms with E-state index in [1.54, 1.807) is 18.2 Å². The Balaban J connectivity index is 1.98. The summed E-state index contributed by atoms with van der Waals surface area (Å²) in [5.41, 5.74) is 1.05. The van der Waals surface area contributed by atoms with Crippen molar-refractivity contribution in [3.8, 4) is 5.75 Å². The van der Waals surface area contributed by atoms with Gasteiger partial charge < -0.3 is 9.15 Å². The summed E-state index contributed by atoms with van der Waals surface area (Å²) in [6, 6.07) is 16.1. The molecule has 3 nitrogen and oxygen atoms in total. The van der Waals surface area contributed by atoms with Gasteiger partial charge in [0.25, 0.3) is 0 Å². The molecule has 100 valence electrons. The predicted molar refractivity (Wildman–Crippen MR) is 78.3 cm³/mol. The van der Waals surface area contributed by atoms with E-state index in [4.69, 9.17) is 20.8 Å². The third-order valence-corrected chi connectivity index (χ3v) is 3.14. The van der Waals surface area contributed by atoms with Gasteiger partial charge in [0.15, 0.2) is 0 Å². The maximum atomic E-state index is 11.5. The van der Waals surface area contributed by atoms with Crippen molar-refractivity contribution in [1.82, 2.24) is 0 Å². The highest BCUT2D eigenvalue weighted by Gasteiger charge is 2.07. The molecule has 0 aliphatic carbocycles. The lowest BCUT2D eigenvalue weighted by Crippen LogP contribution is -2.02. The topological polar surface area (TPSA) is 39.4 Å². The van der Waals surface area contributed by atoms with Crippen LogP contribution < -0.4 is 10.4 Å². The largest absolute Gasteiger partial charge is 0.488 e. The van der Waals surface area contributed by atoms with Crippen LogP contribution in [0.4, 0.5) is 0 Å². The highest BCUT2D eigenvalue weighted by molar-refractivity contribution is 6.31. The van der Waals surface area contributed by atoms with Crippen molar-refractivity contribution in [3.63, 3.8) is 0 Å². The summed E-state index contributed by atoms with van der Waals surface area (Å²) in [5.74, 6) is 0.475. The second-order valence-electron chi connectivity index (χ2n) is 4.34. The summed E-state index contributed by atoms with van der Waals surface area (Å²) in [6.07, 6.45) is 0. The lowest BCUT2D eigenvalue weighted by atomic mass is 10.2. The number of fused-ring (bicyclic) bond motifs is 1. The molecule has 3 aromatic rings. The van der Waals surface area contributed by atoms with Crippen LogP contribution >= 0.6 is 11.6 Å². The molecule has 0 unspecified atom stereocenters. The number of rotatable bonds is 3. The second kappa shape index (κ2) is 5.39. The molecule has 0 fully saturated rings. The zero-order chi connectivity index (χ0) is 13.9. The van der Waals surface area contributed by atoms with Crippen molar-refractivity contribution in [2.45, 2.75) is 6.61 Å². The van der Waals surface area contributed by atoms with E-state index < -0.39 is 5.63 Å². The molecule has 0 bridgehead atoms. The summed E-state index contributed by atoms with van der Waals surface area (Å²) in [7, 11) is 0. The standard InChI is InChI=1S/C16H11ClO3/c17-12-6-7-14-13(8-12)15(9-16(18)20-14)19-10-11-4-2-1-3-5-11/h1-9H,10H2. The van der Waals surface area contributed by atoms with Crippen molar-refractivity contribution in [2.75, 3.05) is 0 Å². The normalized spacial score (nSPS) is 10.7. The fraction of sp³-hybridized carbons (Fsp3) is 0.0625. The van der Waals surface area contributed by atoms with Crippen molar-refractivity contribution < 1.29 is 9.15 Å². The molecule has 0 saturated heterocycles. The quantitative estimate of drug-likeness (QED) is 0.683. The Morgan fingerprint density at radius 1 is 1.05 bits per heavy atom. The summed E-state index contributed by atoms with van der Waals surface area (Å²) in [6.45, 7) is 0.381. The zero-order valence-corrected chi connectivity index (χ0v) is 11.3. The van der Waals surface area contributed by atoms with Gasteiger partial charge in [-0.2, -0.15) is 0 Å². The zero-order valence-electron chi connectivity index (χ0n) is 10.5. The minimum atomic E-state index is -0.442. The highest BCUT2D eigenvalue weighted by atomic mass is 35.5. The van der Waals surface area contributed by atoms with Crippen LogP contribution in [0.15, 0.2) is 63.8 Å². The van der Waals surface area contributed by atoms with Crippen molar-refractivity contribution >= 4 is 22.6 Å². The first-order chi connectivity index (χ1) is 9.72. The Kier molecular flexibility index (Phi) is 3.44. The second-order valence-corrected chi connectivity index (χ2v) is 4.78. The molecule has 0 N–H and O–H groups in total. The minimum Gasteiger partial charge on any atom is -0.488 e. The lowest BCUT2D eigenvalue weighted by Gasteiger charge is -2.08. The number of ether oxygens (including phenoxy) is 1. The predicted octanol–water partition coefficient (Wildman–Crippen LogP) is 4.03. The Hall–Kier alpha value is -2.26. The van der Waals surface area contributed by atoms with Gasteiger partial charge in [-0.15, -0.1) is 0 Å². The molecular formula is C16H11ClO3. The first-order valence-electron chi connectivity index (χ1n) is 6.12. The maximum absolute atomic E-state index is 11.5. The van der Waals surface area contributed by atoms with Gasteiger partial charge in [-0.25, -0.2) is 4.79 Å². The van der Waals surface area contributed by atoms with Gasteiger partial charge in [-0.1, -0.05) is 41.9 Å². The van der Waals surface area contributed by atoms with Crippen LogP contribution in [-0.2, 0) is 6.61 Å². The summed E-state index contributed by atoms with van der Waals surface area (Å²) < 4.78 is 10.8. The number of hydrogen-bond donors (Lipinski definition) is 0. The van der Waals surface area contributed by atoms with Crippen LogP contribution in [0.5, 0.6) is 5.75 Å². The van der Waals surface area contributed by atoms with E-state index in [2.05, 4.69) is 0 Å². The van der Waals surface area contributed by atoms with Crippen molar-refractivity contribution in [2.24, 2.45) is 0 Å². The first-order valence-corrected chi connectivity index (χ1v) is 6.50. The molecule has 1 aromatic heterocycles. The first kappa shape index (κ1) is 12.8. The van der Waals surface area contributed by atoms with E-state index >= 15 is 0 Å². The number of halogens is 1. The number of hydrogen-bond acceptors (Lipinski definition) is 3.